The Morgan fingerprint density at radius 2 is 1.91 bits per heavy atom. The molecule has 1 aromatic carbocycles. The van der Waals surface area contributed by atoms with E-state index in [4.69, 9.17) is 5.73 Å². The number of hydrazone groups is 1. The summed E-state index contributed by atoms with van der Waals surface area (Å²) in [6.45, 7) is 0.366. The number of rotatable bonds is 5. The molecule has 0 radical (unpaired) electrons. The lowest BCUT2D eigenvalue weighted by atomic mass is 9.98. The first-order chi connectivity index (χ1) is 16.2. The minimum atomic E-state index is -0.417. The van der Waals surface area contributed by atoms with Gasteiger partial charge in [0.2, 0.25) is 0 Å². The molecule has 0 spiro atoms. The summed E-state index contributed by atoms with van der Waals surface area (Å²) >= 11 is 1.39. The number of carbonyl (C=O) groups is 1. The summed E-state index contributed by atoms with van der Waals surface area (Å²) in [6, 6.07) is 16.0. The van der Waals surface area contributed by atoms with Gasteiger partial charge >= 0.3 is 0 Å². The zero-order chi connectivity index (χ0) is 22.8. The molecule has 0 saturated heterocycles. The normalized spacial score (nSPS) is 15.5. The van der Waals surface area contributed by atoms with Gasteiger partial charge in [-0.15, -0.1) is 11.3 Å². The lowest BCUT2D eigenvalue weighted by Gasteiger charge is -2.22. The highest BCUT2D eigenvalue weighted by atomic mass is 32.1. The average molecular weight is 456 g/mol. The molecule has 0 aliphatic carbocycles. The Morgan fingerprint density at radius 3 is 2.70 bits per heavy atom. The van der Waals surface area contributed by atoms with Gasteiger partial charge in [-0.2, -0.15) is 5.10 Å². The van der Waals surface area contributed by atoms with Crippen LogP contribution >= 0.6 is 11.3 Å². The third-order valence-corrected chi connectivity index (χ3v) is 6.72. The molecule has 33 heavy (non-hydrogen) atoms. The van der Waals surface area contributed by atoms with Gasteiger partial charge in [-0.05, 0) is 41.5 Å². The SMILES string of the molecule is NCc1cnccc1-c1ccc(C(=O)N2N=C(c3cccnc3)CC2c2ccccc2O)s1. The fourth-order valence-corrected chi connectivity index (χ4v) is 4.96. The Morgan fingerprint density at radius 1 is 1.06 bits per heavy atom. The van der Waals surface area contributed by atoms with Gasteiger partial charge in [0.25, 0.3) is 5.91 Å². The average Bonchev–Trinajstić information content (AvgIpc) is 3.53. The summed E-state index contributed by atoms with van der Waals surface area (Å²) in [5.41, 5.74) is 10.0. The zero-order valence-electron chi connectivity index (χ0n) is 17.6. The number of pyridine rings is 2. The van der Waals surface area contributed by atoms with Crippen molar-refractivity contribution >= 4 is 23.0 Å². The molecular weight excluding hydrogens is 434 g/mol. The van der Waals surface area contributed by atoms with Crippen LogP contribution in [0.4, 0.5) is 0 Å². The predicted molar refractivity (Wildman–Crippen MR) is 128 cm³/mol. The number of carbonyl (C=O) groups excluding carboxylic acids is 1. The smallest absolute Gasteiger partial charge is 0.284 e. The molecule has 3 N–H and O–H groups in total. The van der Waals surface area contributed by atoms with Gasteiger partial charge in [0, 0.05) is 53.8 Å². The summed E-state index contributed by atoms with van der Waals surface area (Å²) in [6.07, 6.45) is 7.37. The molecule has 1 aliphatic heterocycles. The minimum absolute atomic E-state index is 0.138. The lowest BCUT2D eigenvalue weighted by Crippen LogP contribution is -2.26. The van der Waals surface area contributed by atoms with Gasteiger partial charge in [-0.25, -0.2) is 5.01 Å². The highest BCUT2D eigenvalue weighted by Crippen LogP contribution is 2.39. The van der Waals surface area contributed by atoms with Gasteiger partial charge in [0.1, 0.15) is 5.75 Å². The molecule has 1 unspecified atom stereocenters. The molecule has 7 nitrogen and oxygen atoms in total. The number of hydrogen-bond acceptors (Lipinski definition) is 7. The van der Waals surface area contributed by atoms with Crippen molar-refractivity contribution < 1.29 is 9.90 Å². The summed E-state index contributed by atoms with van der Waals surface area (Å²) in [5, 5.41) is 16.6. The maximum Gasteiger partial charge on any atom is 0.284 e. The summed E-state index contributed by atoms with van der Waals surface area (Å²) in [7, 11) is 0. The zero-order valence-corrected chi connectivity index (χ0v) is 18.4. The molecule has 4 heterocycles. The van der Waals surface area contributed by atoms with Crippen molar-refractivity contribution in [1.29, 1.82) is 0 Å². The third kappa shape index (κ3) is 4.02. The molecule has 1 atom stereocenters. The Balaban J connectivity index is 1.52. The van der Waals surface area contributed by atoms with E-state index in [9.17, 15) is 9.90 Å². The largest absolute Gasteiger partial charge is 0.508 e. The van der Waals surface area contributed by atoms with Crippen LogP contribution in [0.1, 0.15) is 38.8 Å². The van der Waals surface area contributed by atoms with Crippen molar-refractivity contribution in [3.63, 3.8) is 0 Å². The van der Waals surface area contributed by atoms with E-state index < -0.39 is 6.04 Å². The predicted octanol–water partition coefficient (Wildman–Crippen LogP) is 4.36. The number of phenolic OH excluding ortho intramolecular Hbond substituents is 1. The number of nitrogens with zero attached hydrogens (tertiary/aromatic N) is 4. The monoisotopic (exact) mass is 455 g/mol. The molecule has 0 bridgehead atoms. The molecule has 1 amide bonds. The number of aromatic hydroxyl groups is 1. The maximum atomic E-state index is 13.6. The minimum Gasteiger partial charge on any atom is -0.508 e. The van der Waals surface area contributed by atoms with E-state index in [1.165, 1.54) is 16.3 Å². The van der Waals surface area contributed by atoms with Gasteiger partial charge in [-0.3, -0.25) is 14.8 Å². The standard InChI is InChI=1S/C25H21N5O2S/c26-13-17-15-28-11-9-18(17)23-7-8-24(33-23)25(32)30-21(19-5-1-2-6-22(19)31)12-20(29-30)16-4-3-10-27-14-16/h1-11,14-15,21,31H,12-13,26H2. The van der Waals surface area contributed by atoms with E-state index in [-0.39, 0.29) is 11.7 Å². The second-order valence-corrected chi connectivity index (χ2v) is 8.70. The van der Waals surface area contributed by atoms with E-state index in [1.807, 2.05) is 42.5 Å². The molecular formula is C25H21N5O2S. The van der Waals surface area contributed by atoms with E-state index in [0.29, 0.717) is 23.4 Å². The van der Waals surface area contributed by atoms with E-state index in [1.54, 1.807) is 36.9 Å². The van der Waals surface area contributed by atoms with Crippen molar-refractivity contribution in [2.75, 3.05) is 0 Å². The van der Waals surface area contributed by atoms with E-state index in [0.717, 1.165) is 27.3 Å². The highest BCUT2D eigenvalue weighted by molar-refractivity contribution is 7.17. The van der Waals surface area contributed by atoms with Crippen LogP contribution in [0.2, 0.25) is 0 Å². The molecule has 5 rings (SSSR count). The molecule has 4 aromatic rings. The first-order valence-electron chi connectivity index (χ1n) is 10.5. The molecule has 8 heteroatoms. The van der Waals surface area contributed by atoms with Crippen LogP contribution < -0.4 is 5.73 Å². The number of phenols is 1. The summed E-state index contributed by atoms with van der Waals surface area (Å²) < 4.78 is 0. The van der Waals surface area contributed by atoms with Crippen molar-refractivity contribution in [3.8, 4) is 16.2 Å². The van der Waals surface area contributed by atoms with Crippen molar-refractivity contribution in [2.24, 2.45) is 10.8 Å². The Bertz CT molecular complexity index is 1340. The number of amides is 1. The van der Waals surface area contributed by atoms with Crippen LogP contribution in [0.25, 0.3) is 10.4 Å². The molecule has 1 aliphatic rings. The number of para-hydroxylation sites is 1. The molecule has 164 valence electrons. The van der Waals surface area contributed by atoms with Gasteiger partial charge in [-0.1, -0.05) is 24.3 Å². The summed E-state index contributed by atoms with van der Waals surface area (Å²) in [4.78, 5) is 23.4. The highest BCUT2D eigenvalue weighted by Gasteiger charge is 2.35. The summed E-state index contributed by atoms with van der Waals surface area (Å²) in [5.74, 6) is -0.0825. The van der Waals surface area contributed by atoms with Crippen LogP contribution in [0, 0.1) is 0 Å². The Hall–Kier alpha value is -3.88. The molecule has 0 fully saturated rings. The van der Waals surface area contributed by atoms with Crippen LogP contribution in [-0.2, 0) is 6.54 Å². The van der Waals surface area contributed by atoms with Gasteiger partial charge in [0.05, 0.1) is 16.6 Å². The number of aromatic nitrogens is 2. The Kier molecular flexibility index (Phi) is 5.68. The van der Waals surface area contributed by atoms with Crippen molar-refractivity contribution in [3.05, 3.63) is 101 Å². The first kappa shape index (κ1) is 21.0. The quantitative estimate of drug-likeness (QED) is 0.465. The molecule has 3 aromatic heterocycles. The van der Waals surface area contributed by atoms with Crippen molar-refractivity contribution in [2.45, 2.75) is 19.0 Å². The molecule has 0 saturated carbocycles. The first-order valence-corrected chi connectivity index (χ1v) is 11.3. The Labute approximate surface area is 194 Å². The second-order valence-electron chi connectivity index (χ2n) is 7.62. The van der Waals surface area contributed by atoms with Crippen LogP contribution in [-0.4, -0.2) is 31.7 Å². The number of hydrogen-bond donors (Lipinski definition) is 2. The van der Waals surface area contributed by atoms with Crippen LogP contribution in [0.3, 0.4) is 0 Å². The fraction of sp³-hybridized carbons (Fsp3) is 0.120. The van der Waals surface area contributed by atoms with E-state index in [2.05, 4.69) is 15.1 Å². The lowest BCUT2D eigenvalue weighted by molar-refractivity contribution is 0.0714. The van der Waals surface area contributed by atoms with E-state index >= 15 is 0 Å². The number of benzene rings is 1. The fourth-order valence-electron chi connectivity index (χ4n) is 3.96. The van der Waals surface area contributed by atoms with Crippen LogP contribution in [0.15, 0.2) is 84.5 Å². The number of thiophene rings is 1. The van der Waals surface area contributed by atoms with Gasteiger partial charge < -0.3 is 10.8 Å². The van der Waals surface area contributed by atoms with Gasteiger partial charge in [0.15, 0.2) is 0 Å². The topological polar surface area (TPSA) is 105 Å². The second kappa shape index (κ2) is 8.93. The number of nitrogens with two attached hydrogens (primary N) is 1. The van der Waals surface area contributed by atoms with Crippen molar-refractivity contribution in [1.82, 2.24) is 15.0 Å². The maximum absolute atomic E-state index is 13.6. The van der Waals surface area contributed by atoms with Crippen LogP contribution in [0.5, 0.6) is 5.75 Å². The third-order valence-electron chi connectivity index (χ3n) is 5.61.